The van der Waals surface area contributed by atoms with Crippen molar-refractivity contribution in [1.82, 2.24) is 0 Å². The quantitative estimate of drug-likeness (QED) is 0.833. The largest absolute Gasteiger partial charge is 0.325 e. The molecule has 0 aliphatic rings. The molecule has 0 saturated heterocycles. The maximum Gasteiger partial charge on any atom is 0.231 e. The van der Waals surface area contributed by atoms with Gasteiger partial charge in [0, 0.05) is 17.7 Å². The van der Waals surface area contributed by atoms with Crippen LogP contribution < -0.4 is 11.1 Å². The van der Waals surface area contributed by atoms with Crippen molar-refractivity contribution in [2.24, 2.45) is 11.1 Å². The number of nitrogens with two attached hydrogens (primary N) is 1. The molecule has 0 unspecified atom stereocenters. The Morgan fingerprint density at radius 3 is 2.16 bits per heavy atom. The maximum atomic E-state index is 13.4. The number of benzene rings is 1. The van der Waals surface area contributed by atoms with Crippen LogP contribution >= 0.6 is 0 Å². The summed E-state index contributed by atoms with van der Waals surface area (Å²) < 4.78 is 39.5. The number of hydrogen-bond donors (Lipinski definition) is 2. The first-order chi connectivity index (χ1) is 8.46. The highest BCUT2D eigenvalue weighted by molar-refractivity contribution is 5.95. The van der Waals surface area contributed by atoms with Crippen LogP contribution in [0, 0.1) is 22.9 Å². The van der Waals surface area contributed by atoms with E-state index in [1.165, 1.54) is 0 Å². The number of carbonyl (C=O) groups excluding carboxylic acids is 1. The third kappa shape index (κ3) is 3.07. The third-order valence-corrected chi connectivity index (χ3v) is 3.42. The minimum absolute atomic E-state index is 0.406. The lowest BCUT2D eigenvalue weighted by Gasteiger charge is -2.36. The van der Waals surface area contributed by atoms with Crippen LogP contribution in [0.4, 0.5) is 18.9 Å². The highest BCUT2D eigenvalue weighted by Crippen LogP contribution is 2.30. The Hall–Kier alpha value is -1.56. The Morgan fingerprint density at radius 2 is 1.68 bits per heavy atom. The van der Waals surface area contributed by atoms with E-state index in [1.54, 1.807) is 27.7 Å². The summed E-state index contributed by atoms with van der Waals surface area (Å²) >= 11 is 0. The van der Waals surface area contributed by atoms with Gasteiger partial charge in [-0.2, -0.15) is 0 Å². The second kappa shape index (κ2) is 4.85. The minimum Gasteiger partial charge on any atom is -0.325 e. The predicted octanol–water partition coefficient (Wildman–Crippen LogP) is 2.81. The highest BCUT2D eigenvalue weighted by Gasteiger charge is 2.40. The molecule has 1 amide bonds. The van der Waals surface area contributed by atoms with Gasteiger partial charge in [0.1, 0.15) is 5.82 Å². The standard InChI is InChI=1S/C13H17F3N2O/c1-12(2,13(3,4)17)11(19)18-9-6-7(14)5-8(15)10(9)16/h5-6H,17H2,1-4H3,(H,18,19). The number of hydrogen-bond acceptors (Lipinski definition) is 2. The van der Waals surface area contributed by atoms with Crippen LogP contribution in [0.3, 0.4) is 0 Å². The smallest absolute Gasteiger partial charge is 0.231 e. The predicted molar refractivity (Wildman–Crippen MR) is 67.0 cm³/mol. The first-order valence-corrected chi connectivity index (χ1v) is 5.71. The van der Waals surface area contributed by atoms with Gasteiger partial charge in [-0.1, -0.05) is 0 Å². The molecule has 1 aromatic rings. The monoisotopic (exact) mass is 274 g/mol. The number of rotatable bonds is 3. The Morgan fingerprint density at radius 1 is 1.16 bits per heavy atom. The topological polar surface area (TPSA) is 55.1 Å². The van der Waals surface area contributed by atoms with Crippen molar-refractivity contribution in [3.05, 3.63) is 29.6 Å². The fourth-order valence-corrected chi connectivity index (χ4v) is 1.22. The second-order valence-electron chi connectivity index (χ2n) is 5.55. The van der Waals surface area contributed by atoms with Crippen molar-refractivity contribution >= 4 is 11.6 Å². The van der Waals surface area contributed by atoms with Crippen molar-refractivity contribution in [3.63, 3.8) is 0 Å². The van der Waals surface area contributed by atoms with E-state index in [9.17, 15) is 18.0 Å². The number of amides is 1. The normalized spacial score (nSPS) is 12.4. The fourth-order valence-electron chi connectivity index (χ4n) is 1.22. The number of anilines is 1. The lowest BCUT2D eigenvalue weighted by molar-refractivity contribution is -0.126. The molecule has 106 valence electrons. The van der Waals surface area contributed by atoms with Crippen LogP contribution in [0.1, 0.15) is 27.7 Å². The molecule has 3 nitrogen and oxygen atoms in total. The summed E-state index contributed by atoms with van der Waals surface area (Å²) in [6, 6.07) is 1.12. The van der Waals surface area contributed by atoms with Gasteiger partial charge in [-0.3, -0.25) is 4.79 Å². The molecule has 19 heavy (non-hydrogen) atoms. The van der Waals surface area contributed by atoms with Gasteiger partial charge in [0.25, 0.3) is 0 Å². The van der Waals surface area contributed by atoms with E-state index in [0.29, 0.717) is 6.07 Å². The Balaban J connectivity index is 3.08. The Bertz CT molecular complexity index is 507. The zero-order valence-corrected chi connectivity index (χ0v) is 11.3. The number of nitrogens with one attached hydrogen (secondary N) is 1. The van der Waals surface area contributed by atoms with Crippen LogP contribution in [0.2, 0.25) is 0 Å². The first-order valence-electron chi connectivity index (χ1n) is 5.71. The molecule has 0 aliphatic carbocycles. The molecule has 0 saturated carbocycles. The van der Waals surface area contributed by atoms with Crippen molar-refractivity contribution in [1.29, 1.82) is 0 Å². The van der Waals surface area contributed by atoms with Gasteiger partial charge in [0.15, 0.2) is 11.6 Å². The van der Waals surface area contributed by atoms with E-state index in [4.69, 9.17) is 5.73 Å². The van der Waals surface area contributed by atoms with E-state index in [2.05, 4.69) is 5.32 Å². The van der Waals surface area contributed by atoms with Crippen LogP contribution in [0.5, 0.6) is 0 Å². The molecule has 1 rings (SSSR count). The summed E-state index contributed by atoms with van der Waals surface area (Å²) in [5.41, 5.74) is 3.38. The third-order valence-electron chi connectivity index (χ3n) is 3.42. The summed E-state index contributed by atoms with van der Waals surface area (Å²) in [5, 5.41) is 2.16. The molecular weight excluding hydrogens is 257 g/mol. The van der Waals surface area contributed by atoms with Crippen molar-refractivity contribution in [2.75, 3.05) is 5.32 Å². The zero-order chi connectivity index (χ0) is 15.0. The van der Waals surface area contributed by atoms with Gasteiger partial charge in [-0.25, -0.2) is 13.2 Å². The molecule has 1 aromatic carbocycles. The second-order valence-corrected chi connectivity index (χ2v) is 5.55. The Labute approximate surface area is 110 Å². The van der Waals surface area contributed by atoms with Gasteiger partial charge in [-0.05, 0) is 27.7 Å². The minimum atomic E-state index is -1.36. The summed E-state index contributed by atoms with van der Waals surface area (Å²) in [7, 11) is 0. The summed E-state index contributed by atoms with van der Waals surface area (Å²) in [6.07, 6.45) is 0. The van der Waals surface area contributed by atoms with Crippen LogP contribution in [-0.4, -0.2) is 11.4 Å². The molecule has 0 aromatic heterocycles. The molecule has 0 fully saturated rings. The number of halogens is 3. The first kappa shape index (κ1) is 15.5. The van der Waals surface area contributed by atoms with Gasteiger partial charge in [0.05, 0.1) is 11.1 Å². The van der Waals surface area contributed by atoms with Gasteiger partial charge >= 0.3 is 0 Å². The summed E-state index contributed by atoms with van der Waals surface area (Å²) in [5.74, 6) is -4.26. The maximum absolute atomic E-state index is 13.4. The van der Waals surface area contributed by atoms with Crippen molar-refractivity contribution in [3.8, 4) is 0 Å². The van der Waals surface area contributed by atoms with Gasteiger partial charge in [0.2, 0.25) is 5.91 Å². The van der Waals surface area contributed by atoms with Crippen LogP contribution in [0.25, 0.3) is 0 Å². The molecule has 0 heterocycles. The molecule has 0 aliphatic heterocycles. The molecule has 6 heteroatoms. The average Bonchev–Trinajstić information content (AvgIpc) is 2.23. The molecule has 0 radical (unpaired) electrons. The lowest BCUT2D eigenvalue weighted by Crippen LogP contribution is -2.53. The molecule has 0 atom stereocenters. The SMILES string of the molecule is CC(C)(N)C(C)(C)C(=O)Nc1cc(F)cc(F)c1F. The van der Waals surface area contributed by atoms with E-state index in [0.717, 1.165) is 6.07 Å². The van der Waals surface area contributed by atoms with Crippen LogP contribution in [-0.2, 0) is 4.79 Å². The van der Waals surface area contributed by atoms with E-state index < -0.39 is 40.0 Å². The summed E-state index contributed by atoms with van der Waals surface area (Å²) in [6.45, 7) is 6.40. The van der Waals surface area contributed by atoms with E-state index in [-0.39, 0.29) is 0 Å². The van der Waals surface area contributed by atoms with Crippen molar-refractivity contribution < 1.29 is 18.0 Å². The zero-order valence-electron chi connectivity index (χ0n) is 11.3. The summed E-state index contributed by atoms with van der Waals surface area (Å²) in [4.78, 5) is 12.1. The highest BCUT2D eigenvalue weighted by atomic mass is 19.2. The molecule has 0 bridgehead atoms. The molecular formula is C13H17F3N2O. The average molecular weight is 274 g/mol. The lowest BCUT2D eigenvalue weighted by atomic mass is 9.74. The Kier molecular flexibility index (Phi) is 3.95. The van der Waals surface area contributed by atoms with E-state index in [1.807, 2.05) is 0 Å². The number of carbonyl (C=O) groups is 1. The van der Waals surface area contributed by atoms with E-state index >= 15 is 0 Å². The van der Waals surface area contributed by atoms with Gasteiger partial charge in [-0.15, -0.1) is 0 Å². The molecule has 3 N–H and O–H groups in total. The fraction of sp³-hybridized carbons (Fsp3) is 0.462. The van der Waals surface area contributed by atoms with Crippen LogP contribution in [0.15, 0.2) is 12.1 Å². The molecule has 0 spiro atoms. The van der Waals surface area contributed by atoms with Gasteiger partial charge < -0.3 is 11.1 Å². The van der Waals surface area contributed by atoms with Crippen molar-refractivity contribution in [2.45, 2.75) is 33.2 Å².